The van der Waals surface area contributed by atoms with Crippen LogP contribution >= 0.6 is 0 Å². The van der Waals surface area contributed by atoms with Gasteiger partial charge in [0.1, 0.15) is 0 Å². The molecule has 1 aliphatic carbocycles. The van der Waals surface area contributed by atoms with Crippen LogP contribution in [0.1, 0.15) is 52.4 Å². The Labute approximate surface area is 85.1 Å². The minimum atomic E-state index is -0.977. The van der Waals surface area contributed by atoms with Gasteiger partial charge in [-0.15, -0.1) is 0 Å². The van der Waals surface area contributed by atoms with Crippen molar-refractivity contribution >= 4 is 5.97 Å². The molecule has 0 aromatic rings. The minimum Gasteiger partial charge on any atom is -0.481 e. The first-order valence-electron chi connectivity index (χ1n) is 5.42. The number of carboxylic acid groups (broad SMARTS) is 1. The van der Waals surface area contributed by atoms with Gasteiger partial charge in [0.25, 0.3) is 0 Å². The van der Waals surface area contributed by atoms with Gasteiger partial charge in [-0.25, -0.2) is 0 Å². The molecule has 2 N–H and O–H groups in total. The summed E-state index contributed by atoms with van der Waals surface area (Å²) in [5.41, 5.74) is -1.94. The van der Waals surface area contributed by atoms with Crippen LogP contribution in [0.15, 0.2) is 0 Å². The molecule has 0 aliphatic heterocycles. The Kier molecular flexibility index (Phi) is 3.20. The number of carboxylic acids is 1. The second-order valence-electron chi connectivity index (χ2n) is 4.63. The molecule has 1 saturated carbocycles. The number of hydrogen-bond acceptors (Lipinski definition) is 2. The summed E-state index contributed by atoms with van der Waals surface area (Å²) in [5, 5.41) is 19.6. The third-order valence-corrected chi connectivity index (χ3v) is 3.68. The number of carbonyl (C=O) groups is 1. The Morgan fingerprint density at radius 3 is 2.29 bits per heavy atom. The third kappa shape index (κ3) is 1.65. The summed E-state index contributed by atoms with van der Waals surface area (Å²) in [6, 6.07) is 0. The van der Waals surface area contributed by atoms with Crippen LogP contribution in [0.25, 0.3) is 0 Å². The fourth-order valence-corrected chi connectivity index (χ4v) is 2.55. The van der Waals surface area contributed by atoms with Gasteiger partial charge in [0.2, 0.25) is 0 Å². The van der Waals surface area contributed by atoms with Gasteiger partial charge in [-0.1, -0.05) is 26.2 Å². The van der Waals surface area contributed by atoms with Crippen molar-refractivity contribution in [3.05, 3.63) is 0 Å². The molecule has 0 spiro atoms. The van der Waals surface area contributed by atoms with Gasteiger partial charge in [-0.05, 0) is 26.2 Å². The summed E-state index contributed by atoms with van der Waals surface area (Å²) < 4.78 is 0. The van der Waals surface area contributed by atoms with Gasteiger partial charge in [0, 0.05) is 0 Å². The first-order chi connectivity index (χ1) is 6.46. The van der Waals surface area contributed by atoms with Crippen molar-refractivity contribution in [3.63, 3.8) is 0 Å². The fourth-order valence-electron chi connectivity index (χ4n) is 2.55. The van der Waals surface area contributed by atoms with Gasteiger partial charge >= 0.3 is 5.97 Å². The zero-order valence-electron chi connectivity index (χ0n) is 9.05. The van der Waals surface area contributed by atoms with Crippen LogP contribution in [-0.2, 0) is 4.79 Å². The number of aliphatic carboxylic acids is 1. The Bertz CT molecular complexity index is 219. The Balaban J connectivity index is 2.91. The van der Waals surface area contributed by atoms with E-state index in [9.17, 15) is 15.0 Å². The SMILES string of the molecule is CCCC(C)(C(=O)O)C1(O)CCCC1. The molecular weight excluding hydrogens is 180 g/mol. The van der Waals surface area contributed by atoms with E-state index >= 15 is 0 Å². The summed E-state index contributed by atoms with van der Waals surface area (Å²) in [6.07, 6.45) is 4.52. The third-order valence-electron chi connectivity index (χ3n) is 3.68. The molecule has 0 bridgehead atoms. The van der Waals surface area contributed by atoms with E-state index in [1.807, 2.05) is 6.92 Å². The summed E-state index contributed by atoms with van der Waals surface area (Å²) in [4.78, 5) is 11.2. The maximum atomic E-state index is 11.2. The van der Waals surface area contributed by atoms with E-state index in [0.29, 0.717) is 19.3 Å². The van der Waals surface area contributed by atoms with Crippen LogP contribution in [0, 0.1) is 5.41 Å². The van der Waals surface area contributed by atoms with Gasteiger partial charge in [-0.2, -0.15) is 0 Å². The standard InChI is InChI=1S/C11H20O3/c1-3-6-10(2,9(12)13)11(14)7-4-5-8-11/h14H,3-8H2,1-2H3,(H,12,13). The van der Waals surface area contributed by atoms with Crippen LogP contribution in [0.4, 0.5) is 0 Å². The van der Waals surface area contributed by atoms with Crippen LogP contribution < -0.4 is 0 Å². The van der Waals surface area contributed by atoms with Crippen LogP contribution in [0.3, 0.4) is 0 Å². The van der Waals surface area contributed by atoms with E-state index in [1.165, 1.54) is 0 Å². The molecule has 0 amide bonds. The van der Waals surface area contributed by atoms with Crippen molar-refractivity contribution in [1.82, 2.24) is 0 Å². The highest BCUT2D eigenvalue weighted by Crippen LogP contribution is 2.46. The Morgan fingerprint density at radius 1 is 1.43 bits per heavy atom. The number of rotatable bonds is 4. The number of hydrogen-bond donors (Lipinski definition) is 2. The molecule has 0 aromatic carbocycles. The lowest BCUT2D eigenvalue weighted by Crippen LogP contribution is -2.49. The summed E-state index contributed by atoms with van der Waals surface area (Å²) in [6.45, 7) is 3.64. The van der Waals surface area contributed by atoms with Crippen molar-refractivity contribution in [1.29, 1.82) is 0 Å². The normalized spacial score (nSPS) is 24.5. The molecule has 3 heteroatoms. The largest absolute Gasteiger partial charge is 0.481 e. The monoisotopic (exact) mass is 200 g/mol. The van der Waals surface area contributed by atoms with E-state index in [-0.39, 0.29) is 0 Å². The zero-order valence-corrected chi connectivity index (χ0v) is 9.05. The molecule has 0 saturated heterocycles. The van der Waals surface area contributed by atoms with E-state index < -0.39 is 17.0 Å². The smallest absolute Gasteiger partial charge is 0.312 e. The van der Waals surface area contributed by atoms with E-state index in [2.05, 4.69) is 0 Å². The lowest BCUT2D eigenvalue weighted by atomic mass is 9.69. The molecule has 82 valence electrons. The Hall–Kier alpha value is -0.570. The summed E-state index contributed by atoms with van der Waals surface area (Å²) >= 11 is 0. The molecule has 0 radical (unpaired) electrons. The van der Waals surface area contributed by atoms with Gasteiger partial charge in [0.15, 0.2) is 0 Å². The molecule has 1 unspecified atom stereocenters. The predicted octanol–water partition coefficient (Wildman–Crippen LogP) is 2.18. The van der Waals surface area contributed by atoms with Crippen molar-refractivity contribution in [2.45, 2.75) is 58.0 Å². The van der Waals surface area contributed by atoms with Gasteiger partial charge in [-0.3, -0.25) is 4.79 Å². The topological polar surface area (TPSA) is 57.5 Å². The van der Waals surface area contributed by atoms with E-state index in [1.54, 1.807) is 6.92 Å². The molecule has 1 rings (SSSR count). The first kappa shape index (κ1) is 11.5. The zero-order chi connectivity index (χ0) is 10.8. The van der Waals surface area contributed by atoms with Crippen molar-refractivity contribution in [3.8, 4) is 0 Å². The average Bonchev–Trinajstić information content (AvgIpc) is 2.53. The molecule has 0 aromatic heterocycles. The van der Waals surface area contributed by atoms with Crippen molar-refractivity contribution < 1.29 is 15.0 Å². The van der Waals surface area contributed by atoms with E-state index in [0.717, 1.165) is 19.3 Å². The molecule has 0 heterocycles. The molecule has 1 atom stereocenters. The first-order valence-corrected chi connectivity index (χ1v) is 5.42. The Morgan fingerprint density at radius 2 is 1.93 bits per heavy atom. The van der Waals surface area contributed by atoms with Crippen LogP contribution in [-0.4, -0.2) is 21.8 Å². The lowest BCUT2D eigenvalue weighted by molar-refractivity contribution is -0.167. The summed E-state index contributed by atoms with van der Waals surface area (Å²) in [5.74, 6) is -0.858. The highest BCUT2D eigenvalue weighted by molar-refractivity contribution is 5.76. The quantitative estimate of drug-likeness (QED) is 0.731. The average molecular weight is 200 g/mol. The molecule has 3 nitrogen and oxygen atoms in total. The second-order valence-corrected chi connectivity index (χ2v) is 4.63. The number of aliphatic hydroxyl groups is 1. The van der Waals surface area contributed by atoms with Gasteiger partial charge < -0.3 is 10.2 Å². The maximum absolute atomic E-state index is 11.2. The predicted molar refractivity (Wildman–Crippen MR) is 54.1 cm³/mol. The molecular formula is C11H20O3. The molecule has 1 aliphatic rings. The maximum Gasteiger partial charge on any atom is 0.312 e. The fraction of sp³-hybridized carbons (Fsp3) is 0.909. The van der Waals surface area contributed by atoms with Crippen molar-refractivity contribution in [2.75, 3.05) is 0 Å². The molecule has 14 heavy (non-hydrogen) atoms. The van der Waals surface area contributed by atoms with Crippen LogP contribution in [0.2, 0.25) is 0 Å². The second kappa shape index (κ2) is 3.89. The highest BCUT2D eigenvalue weighted by atomic mass is 16.4. The minimum absolute atomic E-state index is 0.554. The van der Waals surface area contributed by atoms with Gasteiger partial charge in [0.05, 0.1) is 11.0 Å². The van der Waals surface area contributed by atoms with Crippen LogP contribution in [0.5, 0.6) is 0 Å². The van der Waals surface area contributed by atoms with Crippen molar-refractivity contribution in [2.24, 2.45) is 5.41 Å². The summed E-state index contributed by atoms with van der Waals surface area (Å²) in [7, 11) is 0. The van der Waals surface area contributed by atoms with E-state index in [4.69, 9.17) is 0 Å². The molecule has 1 fully saturated rings. The highest BCUT2D eigenvalue weighted by Gasteiger charge is 2.52. The lowest BCUT2D eigenvalue weighted by Gasteiger charge is -2.39.